The van der Waals surface area contributed by atoms with Crippen molar-refractivity contribution in [2.45, 2.75) is 6.92 Å². The highest BCUT2D eigenvalue weighted by atomic mass is 19.1. The molecule has 0 spiro atoms. The van der Waals surface area contributed by atoms with E-state index in [0.29, 0.717) is 17.2 Å². The summed E-state index contributed by atoms with van der Waals surface area (Å²) in [6.07, 6.45) is 1.56. The molecule has 0 aliphatic heterocycles. The number of aromatic nitrogens is 2. The monoisotopic (exact) mass is 203 g/mol. The van der Waals surface area contributed by atoms with E-state index in [4.69, 9.17) is 5.73 Å². The molecule has 0 radical (unpaired) electrons. The van der Waals surface area contributed by atoms with Crippen LogP contribution in [0.5, 0.6) is 0 Å². The van der Waals surface area contributed by atoms with E-state index in [0.717, 1.165) is 5.56 Å². The third-order valence-corrected chi connectivity index (χ3v) is 2.12. The molecule has 1 aromatic heterocycles. The van der Waals surface area contributed by atoms with E-state index in [-0.39, 0.29) is 5.82 Å². The van der Waals surface area contributed by atoms with Crippen LogP contribution in [0.2, 0.25) is 0 Å². The minimum absolute atomic E-state index is 0.304. The predicted molar refractivity (Wildman–Crippen MR) is 56.6 cm³/mol. The molecule has 1 aromatic carbocycles. The van der Waals surface area contributed by atoms with Crippen LogP contribution in [-0.2, 0) is 0 Å². The minimum Gasteiger partial charge on any atom is -0.384 e. The Morgan fingerprint density at radius 1 is 1.27 bits per heavy atom. The molecule has 0 saturated heterocycles. The molecule has 0 atom stereocenters. The van der Waals surface area contributed by atoms with Gasteiger partial charge in [0, 0.05) is 11.8 Å². The van der Waals surface area contributed by atoms with Crippen molar-refractivity contribution in [1.29, 1.82) is 0 Å². The Bertz CT molecular complexity index is 497. The molecule has 2 rings (SSSR count). The molecule has 4 heteroatoms. The van der Waals surface area contributed by atoms with Crippen molar-refractivity contribution in [2.75, 3.05) is 5.73 Å². The second-order valence-electron chi connectivity index (χ2n) is 3.26. The van der Waals surface area contributed by atoms with E-state index in [1.165, 1.54) is 12.1 Å². The average Bonchev–Trinajstić information content (AvgIpc) is 2.22. The van der Waals surface area contributed by atoms with Crippen molar-refractivity contribution < 1.29 is 4.39 Å². The fraction of sp³-hybridized carbons (Fsp3) is 0.0909. The van der Waals surface area contributed by atoms with E-state index in [9.17, 15) is 4.39 Å². The molecule has 76 valence electrons. The van der Waals surface area contributed by atoms with E-state index in [1.54, 1.807) is 18.3 Å². The number of hydrogen-bond acceptors (Lipinski definition) is 3. The van der Waals surface area contributed by atoms with Gasteiger partial charge >= 0.3 is 0 Å². The largest absolute Gasteiger partial charge is 0.384 e. The van der Waals surface area contributed by atoms with Crippen LogP contribution in [0.15, 0.2) is 30.5 Å². The number of halogens is 1. The zero-order valence-electron chi connectivity index (χ0n) is 8.24. The van der Waals surface area contributed by atoms with Crippen molar-refractivity contribution in [3.63, 3.8) is 0 Å². The Morgan fingerprint density at radius 3 is 2.80 bits per heavy atom. The summed E-state index contributed by atoms with van der Waals surface area (Å²) in [5.41, 5.74) is 7.13. The van der Waals surface area contributed by atoms with Crippen LogP contribution in [0.1, 0.15) is 5.56 Å². The molecule has 0 amide bonds. The van der Waals surface area contributed by atoms with Crippen LogP contribution in [0.4, 0.5) is 10.2 Å². The summed E-state index contributed by atoms with van der Waals surface area (Å²) >= 11 is 0. The number of benzene rings is 1. The molecule has 0 aliphatic carbocycles. The SMILES string of the molecule is Cc1ccc(F)cc1-c1nccc(N)n1. The number of hydrogen-bond donors (Lipinski definition) is 1. The van der Waals surface area contributed by atoms with Gasteiger partial charge in [0.2, 0.25) is 0 Å². The highest BCUT2D eigenvalue weighted by molar-refractivity contribution is 5.60. The molecule has 2 N–H and O–H groups in total. The molecule has 15 heavy (non-hydrogen) atoms. The smallest absolute Gasteiger partial charge is 0.161 e. The minimum atomic E-state index is -0.304. The van der Waals surface area contributed by atoms with E-state index in [2.05, 4.69) is 9.97 Å². The maximum absolute atomic E-state index is 13.0. The Kier molecular flexibility index (Phi) is 2.33. The summed E-state index contributed by atoms with van der Waals surface area (Å²) in [4.78, 5) is 8.10. The molecular formula is C11H10FN3. The maximum atomic E-state index is 13.0. The van der Waals surface area contributed by atoms with Gasteiger partial charge < -0.3 is 5.73 Å². The first-order valence-corrected chi connectivity index (χ1v) is 4.52. The van der Waals surface area contributed by atoms with Crippen molar-refractivity contribution >= 4 is 5.82 Å². The van der Waals surface area contributed by atoms with Gasteiger partial charge in [-0.15, -0.1) is 0 Å². The Morgan fingerprint density at radius 2 is 2.07 bits per heavy atom. The number of rotatable bonds is 1. The number of nitrogens with two attached hydrogens (primary N) is 1. The topological polar surface area (TPSA) is 51.8 Å². The van der Waals surface area contributed by atoms with Gasteiger partial charge in [-0.1, -0.05) is 6.07 Å². The summed E-state index contributed by atoms with van der Waals surface area (Å²) in [5.74, 6) is 0.525. The van der Waals surface area contributed by atoms with Crippen LogP contribution in [0.25, 0.3) is 11.4 Å². The number of nitrogen functional groups attached to an aromatic ring is 1. The molecule has 2 aromatic rings. The van der Waals surface area contributed by atoms with Gasteiger partial charge in [-0.2, -0.15) is 0 Å². The molecule has 0 fully saturated rings. The lowest BCUT2D eigenvalue weighted by Crippen LogP contribution is -1.96. The molecule has 3 nitrogen and oxygen atoms in total. The number of anilines is 1. The van der Waals surface area contributed by atoms with E-state index >= 15 is 0 Å². The zero-order valence-corrected chi connectivity index (χ0v) is 8.24. The molecule has 0 aliphatic rings. The van der Waals surface area contributed by atoms with Gasteiger partial charge in [-0.3, -0.25) is 0 Å². The van der Waals surface area contributed by atoms with Crippen molar-refractivity contribution in [1.82, 2.24) is 9.97 Å². The zero-order chi connectivity index (χ0) is 10.8. The van der Waals surface area contributed by atoms with Crippen LogP contribution >= 0.6 is 0 Å². The molecule has 0 saturated carbocycles. The van der Waals surface area contributed by atoms with Crippen molar-refractivity contribution in [2.24, 2.45) is 0 Å². The third kappa shape index (κ3) is 1.93. The highest BCUT2D eigenvalue weighted by Crippen LogP contribution is 2.20. The van der Waals surface area contributed by atoms with Crippen LogP contribution in [0.3, 0.4) is 0 Å². The average molecular weight is 203 g/mol. The second-order valence-corrected chi connectivity index (χ2v) is 3.26. The maximum Gasteiger partial charge on any atom is 0.161 e. The van der Waals surface area contributed by atoms with E-state index in [1.807, 2.05) is 6.92 Å². The van der Waals surface area contributed by atoms with Crippen LogP contribution in [0, 0.1) is 12.7 Å². The quantitative estimate of drug-likeness (QED) is 0.772. The standard InChI is InChI=1S/C11H10FN3/c1-7-2-3-8(12)6-9(7)11-14-5-4-10(13)15-11/h2-6H,1H3,(H2,13,14,15). The Balaban J connectivity index is 2.58. The molecule has 0 bridgehead atoms. The highest BCUT2D eigenvalue weighted by Gasteiger charge is 2.06. The number of aryl methyl sites for hydroxylation is 1. The van der Waals surface area contributed by atoms with Crippen LogP contribution in [-0.4, -0.2) is 9.97 Å². The number of nitrogens with zero attached hydrogens (tertiary/aromatic N) is 2. The van der Waals surface area contributed by atoms with Crippen LogP contribution < -0.4 is 5.73 Å². The first-order chi connectivity index (χ1) is 7.16. The first-order valence-electron chi connectivity index (χ1n) is 4.52. The fourth-order valence-electron chi connectivity index (χ4n) is 1.34. The van der Waals surface area contributed by atoms with Gasteiger partial charge in [0.05, 0.1) is 0 Å². The lowest BCUT2D eigenvalue weighted by atomic mass is 10.1. The van der Waals surface area contributed by atoms with Gasteiger partial charge in [0.1, 0.15) is 11.6 Å². The lowest BCUT2D eigenvalue weighted by molar-refractivity contribution is 0.627. The normalized spacial score (nSPS) is 10.3. The van der Waals surface area contributed by atoms with Gasteiger partial charge in [-0.05, 0) is 30.7 Å². The van der Waals surface area contributed by atoms with Gasteiger partial charge in [0.25, 0.3) is 0 Å². The van der Waals surface area contributed by atoms with Gasteiger partial charge in [-0.25, -0.2) is 14.4 Å². The summed E-state index contributed by atoms with van der Waals surface area (Å²) in [6, 6.07) is 6.10. The first kappa shape index (κ1) is 9.58. The third-order valence-electron chi connectivity index (χ3n) is 2.12. The van der Waals surface area contributed by atoms with E-state index < -0.39 is 0 Å². The van der Waals surface area contributed by atoms with Gasteiger partial charge in [0.15, 0.2) is 5.82 Å². The molecular weight excluding hydrogens is 193 g/mol. The summed E-state index contributed by atoms with van der Waals surface area (Å²) < 4.78 is 13.0. The Labute approximate surface area is 86.8 Å². The van der Waals surface area contributed by atoms with Crippen molar-refractivity contribution in [3.05, 3.63) is 41.8 Å². The molecule has 1 heterocycles. The summed E-state index contributed by atoms with van der Waals surface area (Å²) in [7, 11) is 0. The summed E-state index contributed by atoms with van der Waals surface area (Å²) in [6.45, 7) is 1.88. The Hall–Kier alpha value is -1.97. The lowest BCUT2D eigenvalue weighted by Gasteiger charge is -2.04. The molecule has 0 unspecified atom stereocenters. The van der Waals surface area contributed by atoms with Crippen molar-refractivity contribution in [3.8, 4) is 11.4 Å². The predicted octanol–water partition coefficient (Wildman–Crippen LogP) is 2.17. The fourth-order valence-corrected chi connectivity index (χ4v) is 1.34. The summed E-state index contributed by atoms with van der Waals surface area (Å²) in [5, 5.41) is 0. The second kappa shape index (κ2) is 3.65.